The second-order valence-electron chi connectivity index (χ2n) is 12.0. The third-order valence-electron chi connectivity index (χ3n) is 9.18. The summed E-state index contributed by atoms with van der Waals surface area (Å²) in [6.45, 7) is 0.571. The first kappa shape index (κ1) is 29.3. The number of aromatic nitrogens is 2. The summed E-state index contributed by atoms with van der Waals surface area (Å²) in [5.74, 6) is 2.64. The number of nitriles is 2. The largest absolute Gasteiger partial charge is 0.336 e. The summed E-state index contributed by atoms with van der Waals surface area (Å²) in [7, 11) is 0. The van der Waals surface area contributed by atoms with Crippen LogP contribution < -0.4 is 0 Å². The van der Waals surface area contributed by atoms with E-state index >= 15 is 0 Å². The molecule has 0 bridgehead atoms. The monoisotopic (exact) mass is 624 g/mol. The maximum absolute atomic E-state index is 9.71. The van der Waals surface area contributed by atoms with Gasteiger partial charge in [0, 0.05) is 44.8 Å². The lowest BCUT2D eigenvalue weighted by molar-refractivity contribution is 0.914. The molecular formula is C45H28N4. The van der Waals surface area contributed by atoms with Crippen LogP contribution in [-0.2, 0) is 6.54 Å². The number of nitrogens with zero attached hydrogens (tertiary/aromatic N) is 4. The maximum Gasteiger partial charge on any atom is 0.0991 e. The third kappa shape index (κ3) is 5.14. The van der Waals surface area contributed by atoms with Gasteiger partial charge in [0.05, 0.1) is 34.3 Å². The lowest BCUT2D eigenvalue weighted by Gasteiger charge is -2.17. The van der Waals surface area contributed by atoms with Crippen LogP contribution in [-0.4, -0.2) is 9.13 Å². The molecule has 0 saturated heterocycles. The molecule has 0 aliphatic rings. The number of benzene rings is 6. The normalized spacial score (nSPS) is 11.7. The van der Waals surface area contributed by atoms with Crippen LogP contribution in [0.1, 0.15) is 16.7 Å². The molecule has 2 aromatic heterocycles. The van der Waals surface area contributed by atoms with E-state index in [0.29, 0.717) is 17.7 Å². The van der Waals surface area contributed by atoms with Crippen LogP contribution in [0, 0.1) is 35.0 Å². The molecule has 0 fully saturated rings. The van der Waals surface area contributed by atoms with E-state index in [9.17, 15) is 10.5 Å². The molecule has 0 aliphatic heterocycles. The van der Waals surface area contributed by atoms with Crippen molar-refractivity contribution in [3.8, 4) is 41.3 Å². The summed E-state index contributed by atoms with van der Waals surface area (Å²) >= 11 is 0. The van der Waals surface area contributed by atoms with Gasteiger partial charge in [0.2, 0.25) is 0 Å². The van der Waals surface area contributed by atoms with Crippen molar-refractivity contribution < 1.29 is 0 Å². The fourth-order valence-electron chi connectivity index (χ4n) is 6.97. The topological polar surface area (TPSA) is 57.4 Å². The Balaban J connectivity index is 1.39. The molecule has 8 rings (SSSR count). The highest BCUT2D eigenvalue weighted by Gasteiger charge is 2.17. The molecule has 6 aromatic carbocycles. The Morgan fingerprint density at radius 2 is 1.18 bits per heavy atom. The van der Waals surface area contributed by atoms with Crippen LogP contribution >= 0.6 is 0 Å². The number of fused-ring (bicyclic) bond motifs is 6. The number of hydrogen-bond donors (Lipinski definition) is 0. The molecule has 4 heteroatoms. The summed E-state index contributed by atoms with van der Waals surface area (Å²) in [6.07, 6.45) is 11.4. The fraction of sp³-hybridized carbons (Fsp3) is 0.0222. The van der Waals surface area contributed by atoms with Crippen molar-refractivity contribution in [2.45, 2.75) is 6.54 Å². The SMILES string of the molecule is C#C/C=C\C=C(/Cn1c2ccccc2c2cc(C#N)ccc21)c1cc(-c2ccccc2)cc(-n2c3ccccc3c3cc(C#N)ccc32)c1. The summed E-state index contributed by atoms with van der Waals surface area (Å²) in [6, 6.07) is 50.3. The molecule has 8 aromatic rings. The number of terminal acetylenes is 1. The third-order valence-corrected chi connectivity index (χ3v) is 9.18. The van der Waals surface area contributed by atoms with Gasteiger partial charge in [-0.15, -0.1) is 6.42 Å². The van der Waals surface area contributed by atoms with Gasteiger partial charge in [0.1, 0.15) is 0 Å². The molecular weight excluding hydrogens is 597 g/mol. The van der Waals surface area contributed by atoms with Gasteiger partial charge in [-0.05, 0) is 95.1 Å². The van der Waals surface area contributed by atoms with Crippen molar-refractivity contribution in [1.82, 2.24) is 9.13 Å². The molecule has 0 N–H and O–H groups in total. The van der Waals surface area contributed by atoms with Crippen molar-refractivity contribution in [2.75, 3.05) is 0 Å². The number of para-hydroxylation sites is 2. The van der Waals surface area contributed by atoms with Crippen LogP contribution in [0.15, 0.2) is 152 Å². The first-order valence-corrected chi connectivity index (χ1v) is 16.0. The Morgan fingerprint density at radius 3 is 1.90 bits per heavy atom. The second-order valence-corrected chi connectivity index (χ2v) is 12.0. The lowest BCUT2D eigenvalue weighted by Crippen LogP contribution is -2.03. The van der Waals surface area contributed by atoms with E-state index in [2.05, 4.69) is 112 Å². The predicted octanol–water partition coefficient (Wildman–Crippen LogP) is 10.6. The van der Waals surface area contributed by atoms with E-state index in [1.165, 1.54) is 0 Å². The summed E-state index contributed by atoms with van der Waals surface area (Å²) in [5, 5.41) is 23.7. The van der Waals surface area contributed by atoms with Gasteiger partial charge in [0.15, 0.2) is 0 Å². The lowest BCUT2D eigenvalue weighted by atomic mass is 9.97. The fourth-order valence-corrected chi connectivity index (χ4v) is 6.97. The van der Waals surface area contributed by atoms with Gasteiger partial charge in [-0.2, -0.15) is 10.5 Å². The Hall–Kier alpha value is -7.06. The first-order valence-electron chi connectivity index (χ1n) is 16.0. The smallest absolute Gasteiger partial charge is 0.0991 e. The number of hydrogen-bond acceptors (Lipinski definition) is 2. The minimum atomic E-state index is 0.571. The van der Waals surface area contributed by atoms with Gasteiger partial charge in [-0.25, -0.2) is 0 Å². The minimum Gasteiger partial charge on any atom is -0.336 e. The van der Waals surface area contributed by atoms with E-state index in [1.54, 1.807) is 6.08 Å². The molecule has 0 saturated carbocycles. The Morgan fingerprint density at radius 1 is 0.592 bits per heavy atom. The van der Waals surface area contributed by atoms with Gasteiger partial charge < -0.3 is 9.13 Å². The molecule has 0 spiro atoms. The second kappa shape index (κ2) is 12.3. The molecule has 2 heterocycles. The van der Waals surface area contributed by atoms with E-state index in [1.807, 2.05) is 60.7 Å². The average Bonchev–Trinajstić information content (AvgIpc) is 3.66. The van der Waals surface area contributed by atoms with Crippen molar-refractivity contribution >= 4 is 49.2 Å². The number of rotatable bonds is 6. The van der Waals surface area contributed by atoms with Gasteiger partial charge in [0.25, 0.3) is 0 Å². The first-order chi connectivity index (χ1) is 24.2. The molecule has 49 heavy (non-hydrogen) atoms. The van der Waals surface area contributed by atoms with Crippen LogP contribution in [0.5, 0.6) is 0 Å². The van der Waals surface area contributed by atoms with Crippen LogP contribution in [0.4, 0.5) is 0 Å². The summed E-state index contributed by atoms with van der Waals surface area (Å²) in [4.78, 5) is 0. The van der Waals surface area contributed by atoms with Crippen LogP contribution in [0.3, 0.4) is 0 Å². The van der Waals surface area contributed by atoms with E-state index < -0.39 is 0 Å². The molecule has 228 valence electrons. The summed E-state index contributed by atoms with van der Waals surface area (Å²) < 4.78 is 4.61. The molecule has 0 radical (unpaired) electrons. The highest BCUT2D eigenvalue weighted by Crippen LogP contribution is 2.37. The van der Waals surface area contributed by atoms with Gasteiger partial charge >= 0.3 is 0 Å². The Kier molecular flexibility index (Phi) is 7.35. The van der Waals surface area contributed by atoms with E-state index in [0.717, 1.165) is 71.6 Å². The van der Waals surface area contributed by atoms with Crippen LogP contribution in [0.25, 0.3) is 66.0 Å². The Labute approximate surface area is 284 Å². The maximum atomic E-state index is 9.71. The van der Waals surface area contributed by atoms with E-state index in [4.69, 9.17) is 6.42 Å². The van der Waals surface area contributed by atoms with Gasteiger partial charge in [-0.3, -0.25) is 0 Å². The zero-order valence-corrected chi connectivity index (χ0v) is 26.5. The Bertz CT molecular complexity index is 2770. The van der Waals surface area contributed by atoms with Crippen molar-refractivity contribution in [2.24, 2.45) is 0 Å². The minimum absolute atomic E-state index is 0.571. The molecule has 0 amide bonds. The quantitative estimate of drug-likeness (QED) is 0.137. The molecule has 0 aliphatic carbocycles. The average molecular weight is 625 g/mol. The molecule has 4 nitrogen and oxygen atoms in total. The zero-order chi connectivity index (χ0) is 33.3. The van der Waals surface area contributed by atoms with Crippen molar-refractivity contribution in [3.05, 3.63) is 168 Å². The van der Waals surface area contributed by atoms with Crippen molar-refractivity contribution in [1.29, 1.82) is 10.5 Å². The molecule has 0 unspecified atom stereocenters. The predicted molar refractivity (Wildman–Crippen MR) is 201 cm³/mol. The standard InChI is InChI=1S/C45H28N4/c1-2-3-5-14-34(30-48-42-17-10-8-15-38(42)40-23-31(28-46)19-21-43(40)48)36-25-35(33-12-6-4-7-13-33)26-37(27-36)49-44-18-11-9-16-39(44)41-24-32(29-47)20-22-45(41)49/h1,3-27H,30H2/b5-3-,34-14+. The highest BCUT2D eigenvalue weighted by atomic mass is 15.0. The van der Waals surface area contributed by atoms with E-state index in [-0.39, 0.29) is 0 Å². The van der Waals surface area contributed by atoms with Gasteiger partial charge in [-0.1, -0.05) is 84.8 Å². The zero-order valence-electron chi connectivity index (χ0n) is 26.5. The molecule has 0 atom stereocenters. The highest BCUT2D eigenvalue weighted by molar-refractivity contribution is 6.10. The van der Waals surface area contributed by atoms with Crippen LogP contribution in [0.2, 0.25) is 0 Å². The number of allylic oxidation sites excluding steroid dienone is 4. The van der Waals surface area contributed by atoms with Crippen molar-refractivity contribution in [3.63, 3.8) is 0 Å². The summed E-state index contributed by atoms with van der Waals surface area (Å²) in [5.41, 5.74) is 10.9.